The molecule has 3 heterocycles. The topological polar surface area (TPSA) is 83.9 Å². The van der Waals surface area contributed by atoms with Crippen molar-refractivity contribution in [3.8, 4) is 0 Å². The van der Waals surface area contributed by atoms with Gasteiger partial charge in [0.1, 0.15) is 18.3 Å². The number of carbonyl (C=O) groups is 3. The van der Waals surface area contributed by atoms with Crippen molar-refractivity contribution >= 4 is 28.6 Å². The molecule has 0 unspecified atom stereocenters. The molecule has 2 aliphatic heterocycles. The molecule has 1 N–H and O–H groups in total. The largest absolute Gasteiger partial charge is 0.358 e. The van der Waals surface area contributed by atoms with Crippen molar-refractivity contribution < 1.29 is 19.1 Å². The summed E-state index contributed by atoms with van der Waals surface area (Å²) in [5.41, 5.74) is 0.818. The maximum absolute atomic E-state index is 13.4. The lowest BCUT2D eigenvalue weighted by Crippen LogP contribution is -2.55. The highest BCUT2D eigenvalue weighted by Gasteiger charge is 2.46. The minimum atomic E-state index is -0.695. The molecule has 0 spiro atoms. The molecule has 4 atom stereocenters. The number of fused-ring (bicyclic) bond motifs is 2. The minimum Gasteiger partial charge on any atom is -0.358 e. The Balaban J connectivity index is 1.57. The van der Waals surface area contributed by atoms with Gasteiger partial charge in [-0.25, -0.2) is 0 Å². The van der Waals surface area contributed by atoms with Gasteiger partial charge >= 0.3 is 0 Å². The van der Waals surface area contributed by atoms with Gasteiger partial charge in [0.15, 0.2) is 0 Å². The van der Waals surface area contributed by atoms with E-state index >= 15 is 0 Å². The predicted molar refractivity (Wildman–Crippen MR) is 112 cm³/mol. The van der Waals surface area contributed by atoms with Gasteiger partial charge in [-0.1, -0.05) is 18.2 Å². The summed E-state index contributed by atoms with van der Waals surface area (Å²) < 4.78 is 7.50. The molecule has 8 nitrogen and oxygen atoms in total. The van der Waals surface area contributed by atoms with Gasteiger partial charge in [-0.15, -0.1) is 0 Å². The van der Waals surface area contributed by atoms with Crippen LogP contribution >= 0.6 is 0 Å². The highest BCUT2D eigenvalue weighted by Crippen LogP contribution is 2.30. The molecule has 2 amide bonds. The first-order valence-corrected chi connectivity index (χ1v) is 10.4. The van der Waals surface area contributed by atoms with Gasteiger partial charge in [0.05, 0.1) is 18.2 Å². The molecule has 1 aromatic carbocycles. The zero-order valence-electron chi connectivity index (χ0n) is 17.6. The van der Waals surface area contributed by atoms with Crippen LogP contribution in [0.2, 0.25) is 0 Å². The van der Waals surface area contributed by atoms with E-state index in [0.717, 1.165) is 10.9 Å². The van der Waals surface area contributed by atoms with E-state index in [0.29, 0.717) is 25.9 Å². The fourth-order valence-electron chi connectivity index (χ4n) is 4.20. The molecule has 0 aliphatic carbocycles. The number of hydrogen-bond donors (Lipinski definition) is 1. The maximum atomic E-state index is 13.4. The number of ether oxygens (including phenoxy) is 1. The molecule has 2 saturated heterocycles. The molecule has 0 saturated carbocycles. The quantitative estimate of drug-likeness (QED) is 0.822. The molecule has 2 aromatic rings. The van der Waals surface area contributed by atoms with E-state index in [1.54, 1.807) is 27.5 Å². The van der Waals surface area contributed by atoms with Crippen LogP contribution in [0.25, 0.3) is 10.9 Å². The van der Waals surface area contributed by atoms with E-state index in [1.807, 2.05) is 44.4 Å². The van der Waals surface area contributed by atoms with Crippen LogP contribution in [-0.4, -0.2) is 77.1 Å². The van der Waals surface area contributed by atoms with Crippen molar-refractivity contribution in [2.24, 2.45) is 0 Å². The molecular weight excluding hydrogens is 384 g/mol. The molecule has 2 aliphatic rings. The lowest BCUT2D eigenvalue weighted by atomic mass is 10.1. The Labute approximate surface area is 175 Å². The van der Waals surface area contributed by atoms with E-state index in [9.17, 15) is 14.4 Å². The van der Waals surface area contributed by atoms with Gasteiger partial charge in [0.25, 0.3) is 5.91 Å². The summed E-state index contributed by atoms with van der Waals surface area (Å²) in [5.74, 6) is -0.608. The minimum absolute atomic E-state index is 0.149. The number of carbonyl (C=O) groups excluding carboxylic acids is 3. The number of benzene rings is 1. The van der Waals surface area contributed by atoms with E-state index in [4.69, 9.17) is 4.74 Å². The van der Waals surface area contributed by atoms with Crippen LogP contribution in [0.1, 0.15) is 31.0 Å². The Kier molecular flexibility index (Phi) is 5.62. The predicted octanol–water partition coefficient (Wildman–Crippen LogP) is 1.45. The van der Waals surface area contributed by atoms with E-state index in [2.05, 4.69) is 5.32 Å². The zero-order valence-corrected chi connectivity index (χ0v) is 17.6. The molecule has 0 bridgehead atoms. The second kappa shape index (κ2) is 8.20. The number of nitrogens with zero attached hydrogens (tertiary/aromatic N) is 3. The number of likely N-dealkylation sites (N-methyl/N-ethyl adjacent to an activating group) is 1. The Hall–Kier alpha value is -2.71. The first kappa shape index (κ1) is 20.6. The van der Waals surface area contributed by atoms with Crippen molar-refractivity contribution in [2.75, 3.05) is 20.7 Å². The third kappa shape index (κ3) is 3.61. The average Bonchev–Trinajstić information content (AvgIpc) is 3.32. The normalized spacial score (nSPS) is 25.3. The van der Waals surface area contributed by atoms with Gasteiger partial charge in [-0.3, -0.25) is 23.9 Å². The number of amides is 2. The highest BCUT2D eigenvalue weighted by molar-refractivity contribution is 5.98. The van der Waals surface area contributed by atoms with Crippen LogP contribution < -0.4 is 5.32 Å². The third-order valence-corrected chi connectivity index (χ3v) is 6.19. The van der Waals surface area contributed by atoms with Crippen molar-refractivity contribution in [3.63, 3.8) is 0 Å². The number of nitrogens with one attached hydrogen (secondary N) is 1. The number of para-hydroxylation sites is 1. The summed E-state index contributed by atoms with van der Waals surface area (Å²) in [7, 11) is 3.63. The second-order valence-electron chi connectivity index (χ2n) is 8.24. The van der Waals surface area contributed by atoms with E-state index in [-0.39, 0.29) is 23.8 Å². The SMILES string of the molecule is C[C@@H](C(=O)N[C@H]1CCO[C@H]2CC[C@@H](C(=O)n3ccc4ccccc43)N2C1=O)N(C)C. The van der Waals surface area contributed by atoms with E-state index < -0.39 is 18.3 Å². The van der Waals surface area contributed by atoms with Crippen molar-refractivity contribution in [1.82, 2.24) is 19.7 Å². The van der Waals surface area contributed by atoms with Crippen molar-refractivity contribution in [2.45, 2.75) is 50.5 Å². The Bertz CT molecular complexity index is 969. The number of rotatable bonds is 4. The summed E-state index contributed by atoms with van der Waals surface area (Å²) in [6.45, 7) is 2.15. The summed E-state index contributed by atoms with van der Waals surface area (Å²) in [6, 6.07) is 7.90. The second-order valence-corrected chi connectivity index (χ2v) is 8.24. The maximum Gasteiger partial charge on any atom is 0.253 e. The monoisotopic (exact) mass is 412 g/mol. The summed E-state index contributed by atoms with van der Waals surface area (Å²) >= 11 is 0. The lowest BCUT2D eigenvalue weighted by Gasteiger charge is -2.30. The van der Waals surface area contributed by atoms with Crippen LogP contribution in [0.3, 0.4) is 0 Å². The smallest absolute Gasteiger partial charge is 0.253 e. The Morgan fingerprint density at radius 3 is 2.70 bits per heavy atom. The molecule has 30 heavy (non-hydrogen) atoms. The summed E-state index contributed by atoms with van der Waals surface area (Å²) in [4.78, 5) is 42.6. The molecular formula is C22H28N4O4. The summed E-state index contributed by atoms with van der Waals surface area (Å²) in [5, 5.41) is 3.83. The third-order valence-electron chi connectivity index (χ3n) is 6.19. The summed E-state index contributed by atoms with van der Waals surface area (Å²) in [6.07, 6.45) is 2.86. The zero-order chi connectivity index (χ0) is 21.4. The van der Waals surface area contributed by atoms with Gasteiger partial charge in [-0.2, -0.15) is 0 Å². The van der Waals surface area contributed by atoms with Gasteiger partial charge in [-0.05, 0) is 46.0 Å². The van der Waals surface area contributed by atoms with Crippen LogP contribution in [0.15, 0.2) is 36.5 Å². The van der Waals surface area contributed by atoms with Crippen LogP contribution in [0, 0.1) is 0 Å². The molecule has 160 valence electrons. The standard InChI is InChI=1S/C22H28N4O4/c1-14(24(2)3)20(27)23-16-11-13-30-19-9-8-18(26(19)21(16)28)22(29)25-12-10-15-6-4-5-7-17(15)25/h4-7,10,12,14,16,18-19H,8-9,11,13H2,1-3H3,(H,23,27)/t14-,16-,18-,19-/m0/s1. The molecule has 0 radical (unpaired) electrons. The molecule has 1 aromatic heterocycles. The first-order valence-electron chi connectivity index (χ1n) is 10.4. The Morgan fingerprint density at radius 2 is 1.93 bits per heavy atom. The number of hydrogen-bond acceptors (Lipinski definition) is 5. The number of aromatic nitrogens is 1. The Morgan fingerprint density at radius 1 is 1.17 bits per heavy atom. The molecule has 4 rings (SSSR count). The highest BCUT2D eigenvalue weighted by atomic mass is 16.5. The van der Waals surface area contributed by atoms with Crippen molar-refractivity contribution in [3.05, 3.63) is 36.5 Å². The van der Waals surface area contributed by atoms with Crippen LogP contribution in [-0.2, 0) is 14.3 Å². The van der Waals surface area contributed by atoms with Crippen molar-refractivity contribution in [1.29, 1.82) is 0 Å². The van der Waals surface area contributed by atoms with Gasteiger partial charge < -0.3 is 15.0 Å². The van der Waals surface area contributed by atoms with Crippen LogP contribution in [0.5, 0.6) is 0 Å². The molecule has 8 heteroatoms. The van der Waals surface area contributed by atoms with Crippen LogP contribution in [0.4, 0.5) is 0 Å². The lowest BCUT2D eigenvalue weighted by molar-refractivity contribution is -0.143. The average molecular weight is 412 g/mol. The van der Waals surface area contributed by atoms with Gasteiger partial charge in [0, 0.05) is 18.0 Å². The molecule has 2 fully saturated rings. The fraction of sp³-hybridized carbons (Fsp3) is 0.500. The first-order chi connectivity index (χ1) is 14.4. The van der Waals surface area contributed by atoms with E-state index in [1.165, 1.54) is 0 Å². The fourth-order valence-corrected chi connectivity index (χ4v) is 4.20. The van der Waals surface area contributed by atoms with Gasteiger partial charge in [0.2, 0.25) is 11.8 Å².